The van der Waals surface area contributed by atoms with Crippen LogP contribution in [0.1, 0.15) is 18.9 Å². The molecule has 140 valence electrons. The van der Waals surface area contributed by atoms with E-state index in [1.165, 1.54) is 6.08 Å². The van der Waals surface area contributed by atoms with Crippen molar-refractivity contribution in [1.29, 1.82) is 0 Å². The molecule has 0 aliphatic heterocycles. The first-order chi connectivity index (χ1) is 12.6. The van der Waals surface area contributed by atoms with Gasteiger partial charge in [-0.1, -0.05) is 0 Å². The van der Waals surface area contributed by atoms with E-state index in [-0.39, 0.29) is 5.83 Å². The van der Waals surface area contributed by atoms with Gasteiger partial charge in [-0.3, -0.25) is 0 Å². The quantitative estimate of drug-likeness (QED) is 0.528. The number of nitrogens with zero attached hydrogens (tertiary/aromatic N) is 1. The molecule has 0 unspecified atom stereocenters. The Bertz CT molecular complexity index is 751. The van der Waals surface area contributed by atoms with E-state index >= 15 is 0 Å². The lowest BCUT2D eigenvalue weighted by atomic mass is 10.0. The van der Waals surface area contributed by atoms with Crippen molar-refractivity contribution >= 4 is 17.6 Å². The summed E-state index contributed by atoms with van der Waals surface area (Å²) in [6.07, 6.45) is 5.28. The molecule has 0 fully saturated rings. The number of halogens is 1. The first kappa shape index (κ1) is 19.7. The summed E-state index contributed by atoms with van der Waals surface area (Å²) in [5, 5.41) is 6.35. The van der Waals surface area contributed by atoms with Crippen LogP contribution >= 0.6 is 0 Å². The van der Waals surface area contributed by atoms with Gasteiger partial charge >= 0.3 is 0 Å². The number of aliphatic imine (C=N–C) groups is 1. The zero-order valence-electron chi connectivity index (χ0n) is 15.7. The zero-order chi connectivity index (χ0) is 18.9. The molecule has 0 saturated heterocycles. The average molecular weight is 359 g/mol. The molecule has 2 N–H and O–H groups in total. The molecule has 0 bridgehead atoms. The van der Waals surface area contributed by atoms with Crippen LogP contribution in [0.4, 0.5) is 15.8 Å². The molecule has 1 aliphatic rings. The second-order valence-corrected chi connectivity index (χ2v) is 5.76. The van der Waals surface area contributed by atoms with Gasteiger partial charge in [-0.2, -0.15) is 0 Å². The minimum absolute atomic E-state index is 0.350. The van der Waals surface area contributed by atoms with Gasteiger partial charge in [0.05, 0.1) is 6.61 Å². The molecule has 0 heterocycles. The van der Waals surface area contributed by atoms with Gasteiger partial charge in [-0.25, -0.2) is 9.38 Å². The summed E-state index contributed by atoms with van der Waals surface area (Å²) in [5.41, 5.74) is 3.45. The lowest BCUT2D eigenvalue weighted by molar-refractivity contribution is 0.113. The Hall–Kier alpha value is -2.60. The summed E-state index contributed by atoms with van der Waals surface area (Å²) in [6, 6.07) is 5.93. The van der Waals surface area contributed by atoms with Gasteiger partial charge < -0.3 is 20.1 Å². The molecule has 26 heavy (non-hydrogen) atoms. The molecular weight excluding hydrogens is 333 g/mol. The van der Waals surface area contributed by atoms with Gasteiger partial charge in [0, 0.05) is 49.8 Å². The van der Waals surface area contributed by atoms with E-state index in [0.29, 0.717) is 36.8 Å². The van der Waals surface area contributed by atoms with Crippen LogP contribution in [0.25, 0.3) is 0 Å². The summed E-state index contributed by atoms with van der Waals surface area (Å²) in [7, 11) is 3.47. The summed E-state index contributed by atoms with van der Waals surface area (Å²) in [6.45, 7) is 4.65. The van der Waals surface area contributed by atoms with E-state index in [1.807, 2.05) is 38.2 Å². The molecule has 6 heteroatoms. The van der Waals surface area contributed by atoms with Gasteiger partial charge in [-0.05, 0) is 43.7 Å². The van der Waals surface area contributed by atoms with Gasteiger partial charge in [0.15, 0.2) is 0 Å². The summed E-state index contributed by atoms with van der Waals surface area (Å²) in [5.74, 6) is 0.656. The summed E-state index contributed by atoms with van der Waals surface area (Å²) < 4.78 is 25.0. The number of aryl methyl sites for hydroxylation is 1. The third-order valence-corrected chi connectivity index (χ3v) is 3.93. The van der Waals surface area contributed by atoms with Crippen LogP contribution in [0.5, 0.6) is 0 Å². The van der Waals surface area contributed by atoms with Crippen LogP contribution in [0.3, 0.4) is 0 Å². The second kappa shape index (κ2) is 9.77. The molecule has 0 spiro atoms. The Morgan fingerprint density at radius 3 is 2.77 bits per heavy atom. The Morgan fingerprint density at radius 1 is 1.35 bits per heavy atom. The van der Waals surface area contributed by atoms with E-state index in [1.54, 1.807) is 20.2 Å². The average Bonchev–Trinajstić information content (AvgIpc) is 2.63. The van der Waals surface area contributed by atoms with Crippen LogP contribution in [-0.2, 0) is 9.47 Å². The summed E-state index contributed by atoms with van der Waals surface area (Å²) >= 11 is 0. The maximum absolute atomic E-state index is 14.6. The minimum Gasteiger partial charge on any atom is -0.491 e. The first-order valence-electron chi connectivity index (χ1n) is 8.55. The van der Waals surface area contributed by atoms with Gasteiger partial charge in [0.25, 0.3) is 0 Å². The third kappa shape index (κ3) is 5.20. The third-order valence-electron chi connectivity index (χ3n) is 3.93. The van der Waals surface area contributed by atoms with E-state index in [0.717, 1.165) is 16.9 Å². The zero-order valence-corrected chi connectivity index (χ0v) is 15.7. The van der Waals surface area contributed by atoms with E-state index < -0.39 is 0 Å². The minimum atomic E-state index is -0.350. The van der Waals surface area contributed by atoms with E-state index in [4.69, 9.17) is 9.47 Å². The van der Waals surface area contributed by atoms with E-state index in [9.17, 15) is 4.39 Å². The molecule has 0 amide bonds. The maximum Gasteiger partial charge on any atom is 0.136 e. The van der Waals surface area contributed by atoms with Crippen molar-refractivity contribution in [2.45, 2.75) is 20.3 Å². The largest absolute Gasteiger partial charge is 0.491 e. The van der Waals surface area contributed by atoms with Crippen LogP contribution in [-0.4, -0.2) is 33.6 Å². The smallest absolute Gasteiger partial charge is 0.136 e. The van der Waals surface area contributed by atoms with Crippen LogP contribution in [0, 0.1) is 6.92 Å². The molecule has 0 saturated carbocycles. The molecule has 1 aliphatic carbocycles. The highest BCUT2D eigenvalue weighted by Crippen LogP contribution is 2.30. The maximum atomic E-state index is 14.6. The van der Waals surface area contributed by atoms with Crippen LogP contribution in [0.15, 0.2) is 58.3 Å². The van der Waals surface area contributed by atoms with Crippen molar-refractivity contribution in [3.63, 3.8) is 0 Å². The lowest BCUT2D eigenvalue weighted by Crippen LogP contribution is -2.08. The second-order valence-electron chi connectivity index (χ2n) is 5.76. The molecule has 5 nitrogen and oxygen atoms in total. The number of nitrogens with one attached hydrogen (secondary N) is 2. The predicted octanol–water partition coefficient (Wildman–Crippen LogP) is 4.55. The normalized spacial score (nSPS) is 16.2. The fourth-order valence-corrected chi connectivity index (χ4v) is 2.53. The number of allylic oxidation sites excluding steroid dienone is 4. The van der Waals surface area contributed by atoms with Crippen molar-refractivity contribution in [2.24, 2.45) is 4.99 Å². The van der Waals surface area contributed by atoms with Crippen molar-refractivity contribution in [3.8, 4) is 0 Å². The first-order valence-corrected chi connectivity index (χ1v) is 8.55. The number of methoxy groups -OCH3 is 1. The summed E-state index contributed by atoms with van der Waals surface area (Å²) in [4.78, 5) is 4.33. The number of ether oxygens (including phenoxy) is 2. The Kier molecular flexibility index (Phi) is 7.41. The molecule has 1 aromatic carbocycles. The fourth-order valence-electron chi connectivity index (χ4n) is 2.53. The topological polar surface area (TPSA) is 54.9 Å². The standard InChI is InChI=1S/C20H26FN3O2/c1-5-23-20(24-19-9-6-15(22-3)12-14(19)2)17-8-7-16(13-18(17)21)26-11-10-25-4/h5-7,9,12-13,22,24H,8,10-11H2,1-4H3/b20-17-,23-5-. The number of rotatable bonds is 8. The lowest BCUT2D eigenvalue weighted by Gasteiger charge is -2.17. The van der Waals surface area contributed by atoms with Crippen molar-refractivity contribution < 1.29 is 13.9 Å². The number of hydrogen-bond acceptors (Lipinski definition) is 5. The van der Waals surface area contributed by atoms with Gasteiger partial charge in [-0.15, -0.1) is 0 Å². The monoisotopic (exact) mass is 359 g/mol. The Balaban J connectivity index is 2.22. The molecule has 0 atom stereocenters. The SMILES string of the molecule is C/C=N\C(Nc1ccc(NC)cc1C)=C1/CC=C(OCCOC)C=C1F. The number of benzene rings is 1. The highest BCUT2D eigenvalue weighted by Gasteiger charge is 2.17. The highest BCUT2D eigenvalue weighted by atomic mass is 19.1. The van der Waals surface area contributed by atoms with Crippen LogP contribution in [0.2, 0.25) is 0 Å². The number of hydrogen-bond donors (Lipinski definition) is 2. The van der Waals surface area contributed by atoms with Crippen molar-refractivity contribution in [3.05, 3.63) is 58.9 Å². The molecule has 1 aromatic rings. The highest BCUT2D eigenvalue weighted by molar-refractivity contribution is 5.64. The Labute approximate surface area is 154 Å². The fraction of sp³-hybridized carbons (Fsp3) is 0.350. The Morgan fingerprint density at radius 2 is 2.15 bits per heavy atom. The number of anilines is 2. The van der Waals surface area contributed by atoms with Crippen molar-refractivity contribution in [2.75, 3.05) is 38.0 Å². The van der Waals surface area contributed by atoms with E-state index in [2.05, 4.69) is 15.6 Å². The molecule has 0 aromatic heterocycles. The van der Waals surface area contributed by atoms with Crippen LogP contribution < -0.4 is 10.6 Å². The molecule has 2 rings (SSSR count). The van der Waals surface area contributed by atoms with Gasteiger partial charge in [0.2, 0.25) is 0 Å². The van der Waals surface area contributed by atoms with Crippen molar-refractivity contribution in [1.82, 2.24) is 0 Å². The predicted molar refractivity (Wildman–Crippen MR) is 105 cm³/mol. The molecule has 0 radical (unpaired) electrons. The molecular formula is C20H26FN3O2. The van der Waals surface area contributed by atoms with Gasteiger partial charge in [0.1, 0.15) is 24.0 Å².